The van der Waals surface area contributed by atoms with Crippen LogP contribution in [0.4, 0.5) is 0 Å². The molecule has 0 radical (unpaired) electrons. The fourth-order valence-electron chi connectivity index (χ4n) is 0.798. The van der Waals surface area contributed by atoms with Crippen LogP contribution in [0.25, 0.3) is 0 Å². The summed E-state index contributed by atoms with van der Waals surface area (Å²) in [6.07, 6.45) is 0.947. The summed E-state index contributed by atoms with van der Waals surface area (Å²) in [5, 5.41) is 0. The first kappa shape index (κ1) is 17.7. The SMILES string of the molecule is C=C(C)C(=O)N(C)C(C)(C)CC.O=[PH](O)O. The Morgan fingerprint density at radius 3 is 1.94 bits per heavy atom. The predicted molar refractivity (Wildman–Crippen MR) is 65.4 cm³/mol. The summed E-state index contributed by atoms with van der Waals surface area (Å²) in [7, 11) is -1.31. The fraction of sp³-hybridized carbons (Fsp3) is 0.700. The maximum absolute atomic E-state index is 11.5. The summed E-state index contributed by atoms with van der Waals surface area (Å²) in [5.74, 6) is 0.0295. The second-order valence-electron chi connectivity index (χ2n) is 4.09. The molecule has 0 spiro atoms. The van der Waals surface area contributed by atoms with Gasteiger partial charge < -0.3 is 14.7 Å². The lowest BCUT2D eigenvalue weighted by Crippen LogP contribution is -2.44. The van der Waals surface area contributed by atoms with E-state index in [2.05, 4.69) is 13.5 Å². The van der Waals surface area contributed by atoms with Crippen molar-refractivity contribution in [2.24, 2.45) is 0 Å². The van der Waals surface area contributed by atoms with E-state index >= 15 is 0 Å². The molecule has 0 saturated heterocycles. The Morgan fingerprint density at radius 1 is 1.44 bits per heavy atom. The smallest absolute Gasteiger partial charge is 0.314 e. The number of nitrogens with zero attached hydrogens (tertiary/aromatic N) is 1. The summed E-state index contributed by atoms with van der Waals surface area (Å²) in [6.45, 7) is 11.5. The maximum atomic E-state index is 11.5. The van der Waals surface area contributed by atoms with Crippen LogP contribution < -0.4 is 0 Å². The Morgan fingerprint density at radius 2 is 1.75 bits per heavy atom. The average Bonchev–Trinajstić information content (AvgIpc) is 2.14. The minimum atomic E-state index is -3.13. The van der Waals surface area contributed by atoms with Gasteiger partial charge in [0, 0.05) is 18.2 Å². The van der Waals surface area contributed by atoms with Crippen molar-refractivity contribution in [2.75, 3.05) is 7.05 Å². The van der Waals surface area contributed by atoms with Crippen LogP contribution in [-0.2, 0) is 9.36 Å². The molecule has 0 aliphatic rings. The molecule has 0 aliphatic carbocycles. The monoisotopic (exact) mass is 251 g/mol. The number of likely N-dealkylation sites (N-methyl/N-ethyl adjacent to an activating group) is 1. The van der Waals surface area contributed by atoms with Crippen LogP contribution in [0, 0.1) is 0 Å². The van der Waals surface area contributed by atoms with E-state index in [0.717, 1.165) is 6.42 Å². The number of amides is 1. The molecule has 0 aliphatic heterocycles. The molecule has 16 heavy (non-hydrogen) atoms. The summed E-state index contributed by atoms with van der Waals surface area (Å²) >= 11 is 0. The quantitative estimate of drug-likeness (QED) is 0.589. The van der Waals surface area contributed by atoms with E-state index in [4.69, 9.17) is 14.4 Å². The van der Waals surface area contributed by atoms with E-state index in [9.17, 15) is 4.79 Å². The molecule has 0 rings (SSSR count). The number of carbonyl (C=O) groups is 1. The van der Waals surface area contributed by atoms with Crippen LogP contribution in [0.15, 0.2) is 12.2 Å². The van der Waals surface area contributed by atoms with E-state index in [1.807, 2.05) is 20.9 Å². The van der Waals surface area contributed by atoms with Crippen molar-refractivity contribution in [1.82, 2.24) is 4.90 Å². The van der Waals surface area contributed by atoms with Crippen LogP contribution in [-0.4, -0.2) is 33.2 Å². The van der Waals surface area contributed by atoms with E-state index < -0.39 is 8.25 Å². The van der Waals surface area contributed by atoms with Gasteiger partial charge in [0.15, 0.2) is 0 Å². The summed E-state index contributed by atoms with van der Waals surface area (Å²) in [4.78, 5) is 27.5. The molecule has 0 aromatic carbocycles. The summed E-state index contributed by atoms with van der Waals surface area (Å²) in [5.41, 5.74) is 0.523. The van der Waals surface area contributed by atoms with Gasteiger partial charge in [-0.1, -0.05) is 13.5 Å². The Bertz CT molecular complexity index is 272. The van der Waals surface area contributed by atoms with Gasteiger partial charge in [-0.3, -0.25) is 9.36 Å². The van der Waals surface area contributed by atoms with Gasteiger partial charge in [0.25, 0.3) is 0 Å². The molecule has 1 amide bonds. The zero-order valence-electron chi connectivity index (χ0n) is 10.6. The largest absolute Gasteiger partial charge is 0.337 e. The van der Waals surface area contributed by atoms with Crippen molar-refractivity contribution in [3.63, 3.8) is 0 Å². The van der Waals surface area contributed by atoms with Crippen molar-refractivity contribution in [3.8, 4) is 0 Å². The van der Waals surface area contributed by atoms with E-state index in [0.29, 0.717) is 5.57 Å². The van der Waals surface area contributed by atoms with Gasteiger partial charge >= 0.3 is 8.25 Å². The van der Waals surface area contributed by atoms with Crippen molar-refractivity contribution in [1.29, 1.82) is 0 Å². The minimum Gasteiger partial charge on any atom is -0.337 e. The third-order valence-electron chi connectivity index (χ3n) is 2.44. The lowest BCUT2D eigenvalue weighted by Gasteiger charge is -2.34. The lowest BCUT2D eigenvalue weighted by molar-refractivity contribution is -0.130. The topological polar surface area (TPSA) is 77.8 Å². The number of rotatable bonds is 3. The van der Waals surface area contributed by atoms with Gasteiger partial charge in [0.05, 0.1) is 0 Å². The highest BCUT2D eigenvalue weighted by Gasteiger charge is 2.25. The highest BCUT2D eigenvalue weighted by Crippen LogP contribution is 2.17. The van der Waals surface area contributed by atoms with Gasteiger partial charge in [0.1, 0.15) is 0 Å². The number of carbonyl (C=O) groups excluding carboxylic acids is 1. The maximum Gasteiger partial charge on any atom is 0.314 e. The van der Waals surface area contributed by atoms with Crippen LogP contribution >= 0.6 is 8.25 Å². The highest BCUT2D eigenvalue weighted by atomic mass is 31.1. The molecule has 0 aromatic heterocycles. The van der Waals surface area contributed by atoms with Crippen LogP contribution in [0.3, 0.4) is 0 Å². The summed E-state index contributed by atoms with van der Waals surface area (Å²) < 4.78 is 8.74. The van der Waals surface area contributed by atoms with Crippen molar-refractivity contribution < 1.29 is 19.1 Å². The molecular formula is C10H22NO4P. The van der Waals surface area contributed by atoms with Gasteiger partial charge in [-0.2, -0.15) is 0 Å². The number of hydrogen-bond donors (Lipinski definition) is 2. The highest BCUT2D eigenvalue weighted by molar-refractivity contribution is 7.30. The predicted octanol–water partition coefficient (Wildman–Crippen LogP) is 1.57. The molecule has 0 bridgehead atoms. The van der Waals surface area contributed by atoms with Crippen molar-refractivity contribution >= 4 is 14.2 Å². The molecule has 2 N–H and O–H groups in total. The second-order valence-corrected chi connectivity index (χ2v) is 4.66. The van der Waals surface area contributed by atoms with Gasteiger partial charge in [-0.05, 0) is 27.2 Å². The van der Waals surface area contributed by atoms with Crippen LogP contribution in [0.5, 0.6) is 0 Å². The Balaban J connectivity index is 0. The molecule has 0 atom stereocenters. The normalized spacial score (nSPS) is 10.5. The molecule has 0 heterocycles. The van der Waals surface area contributed by atoms with E-state index in [-0.39, 0.29) is 11.4 Å². The molecule has 6 heteroatoms. The third kappa shape index (κ3) is 7.63. The first-order chi connectivity index (χ1) is 7.06. The molecule has 0 unspecified atom stereocenters. The Hall–Kier alpha value is -0.640. The molecule has 0 fully saturated rings. The minimum absolute atomic E-state index is 0.0295. The molecule has 96 valence electrons. The second kappa shape index (κ2) is 7.60. The van der Waals surface area contributed by atoms with Crippen LogP contribution in [0.1, 0.15) is 34.1 Å². The van der Waals surface area contributed by atoms with Crippen molar-refractivity contribution in [3.05, 3.63) is 12.2 Å². The molecule has 0 aromatic rings. The lowest BCUT2D eigenvalue weighted by atomic mass is 9.99. The average molecular weight is 251 g/mol. The van der Waals surface area contributed by atoms with Gasteiger partial charge in [-0.25, -0.2) is 0 Å². The van der Waals surface area contributed by atoms with E-state index in [1.165, 1.54) is 0 Å². The first-order valence-corrected chi connectivity index (χ1v) is 6.22. The summed E-state index contributed by atoms with van der Waals surface area (Å²) in [6, 6.07) is 0. The molecule has 5 nitrogen and oxygen atoms in total. The van der Waals surface area contributed by atoms with Gasteiger partial charge in [0.2, 0.25) is 5.91 Å². The third-order valence-corrected chi connectivity index (χ3v) is 2.44. The standard InChI is InChI=1S/C10H19NO.H3O3P/c1-7-10(4,5)11(6)9(12)8(2)3;1-4(2)3/h2,7H2,1,3-6H3;4H,(H2,1,2,3). The van der Waals surface area contributed by atoms with E-state index in [1.54, 1.807) is 11.8 Å². The fourth-order valence-corrected chi connectivity index (χ4v) is 0.798. The molecular weight excluding hydrogens is 229 g/mol. The van der Waals surface area contributed by atoms with Gasteiger partial charge in [-0.15, -0.1) is 0 Å². The van der Waals surface area contributed by atoms with Crippen molar-refractivity contribution in [2.45, 2.75) is 39.7 Å². The number of hydrogen-bond acceptors (Lipinski definition) is 2. The first-order valence-electron chi connectivity index (χ1n) is 4.91. The Kier molecular flexibility index (Phi) is 8.43. The zero-order valence-corrected chi connectivity index (χ0v) is 11.6. The Labute approximate surface area is 97.7 Å². The zero-order chi connectivity index (χ0) is 13.5. The van der Waals surface area contributed by atoms with Crippen LogP contribution in [0.2, 0.25) is 0 Å². The molecule has 0 saturated carbocycles.